The van der Waals surface area contributed by atoms with Crippen LogP contribution >= 0.6 is 0 Å². The highest BCUT2D eigenvalue weighted by molar-refractivity contribution is 6.00. The number of hydrogen-bond acceptors (Lipinski definition) is 5. The molecule has 7 heteroatoms. The van der Waals surface area contributed by atoms with Gasteiger partial charge in [-0.15, -0.1) is 0 Å². The van der Waals surface area contributed by atoms with Crippen LogP contribution < -0.4 is 10.2 Å². The fraction of sp³-hybridized carbons (Fsp3) is 0.304. The highest BCUT2D eigenvalue weighted by atomic mass is 16.5. The first kappa shape index (κ1) is 21.1. The number of anilines is 2. The molecule has 0 aromatic heterocycles. The van der Waals surface area contributed by atoms with Crippen molar-refractivity contribution in [1.82, 2.24) is 0 Å². The van der Waals surface area contributed by atoms with Crippen LogP contribution in [0.3, 0.4) is 0 Å². The zero-order valence-corrected chi connectivity index (χ0v) is 16.9. The maximum Gasteiger partial charge on any atom is 0.312 e. The van der Waals surface area contributed by atoms with Gasteiger partial charge < -0.3 is 15.0 Å². The summed E-state index contributed by atoms with van der Waals surface area (Å²) in [6.45, 7) is 3.75. The molecule has 30 heavy (non-hydrogen) atoms. The zero-order valence-electron chi connectivity index (χ0n) is 16.9. The minimum absolute atomic E-state index is 0.0485. The minimum atomic E-state index is -1.03. The molecule has 2 aromatic carbocycles. The molecule has 2 aromatic rings. The summed E-state index contributed by atoms with van der Waals surface area (Å²) in [7, 11) is 0. The van der Waals surface area contributed by atoms with Crippen LogP contribution in [0.4, 0.5) is 11.4 Å². The zero-order chi connectivity index (χ0) is 21.7. The third kappa shape index (κ3) is 4.84. The monoisotopic (exact) mass is 405 g/mol. The molecule has 0 unspecified atom stereocenters. The SMILES string of the molecule is CCc1ccc(N2C[C@H](C(=O)O[C@H](C)C(=O)Nc3cccc(C#N)c3)CC2=O)cc1. The topological polar surface area (TPSA) is 99.5 Å². The first-order chi connectivity index (χ1) is 14.4. The number of nitrogens with zero attached hydrogens (tertiary/aromatic N) is 2. The maximum absolute atomic E-state index is 12.5. The van der Waals surface area contributed by atoms with Crippen LogP contribution in [0.2, 0.25) is 0 Å². The molecule has 1 fully saturated rings. The third-order valence-electron chi connectivity index (χ3n) is 5.04. The Morgan fingerprint density at radius 1 is 1.27 bits per heavy atom. The number of nitriles is 1. The normalized spacial score (nSPS) is 16.6. The van der Waals surface area contributed by atoms with E-state index in [1.807, 2.05) is 30.3 Å². The highest BCUT2D eigenvalue weighted by Crippen LogP contribution is 2.26. The Morgan fingerprint density at radius 2 is 2.00 bits per heavy atom. The van der Waals surface area contributed by atoms with E-state index in [2.05, 4.69) is 12.2 Å². The molecule has 2 amide bonds. The summed E-state index contributed by atoms with van der Waals surface area (Å²) in [5, 5.41) is 11.6. The quantitative estimate of drug-likeness (QED) is 0.745. The van der Waals surface area contributed by atoms with Crippen molar-refractivity contribution in [1.29, 1.82) is 5.26 Å². The smallest absolute Gasteiger partial charge is 0.312 e. The van der Waals surface area contributed by atoms with Gasteiger partial charge >= 0.3 is 5.97 Å². The van der Waals surface area contributed by atoms with Gasteiger partial charge in [0.15, 0.2) is 6.10 Å². The molecule has 3 rings (SSSR count). The van der Waals surface area contributed by atoms with Crippen molar-refractivity contribution in [2.24, 2.45) is 5.92 Å². The van der Waals surface area contributed by atoms with E-state index in [0.29, 0.717) is 11.3 Å². The van der Waals surface area contributed by atoms with Gasteiger partial charge in [0.05, 0.1) is 17.6 Å². The molecule has 1 aliphatic heterocycles. The van der Waals surface area contributed by atoms with Gasteiger partial charge in [-0.2, -0.15) is 5.26 Å². The fourth-order valence-electron chi connectivity index (χ4n) is 3.26. The molecular weight excluding hydrogens is 382 g/mol. The number of carbonyl (C=O) groups is 3. The van der Waals surface area contributed by atoms with Crippen molar-refractivity contribution in [3.05, 3.63) is 59.7 Å². The summed E-state index contributed by atoms with van der Waals surface area (Å²) < 4.78 is 5.30. The van der Waals surface area contributed by atoms with E-state index < -0.39 is 23.9 Å². The Hall–Kier alpha value is -3.66. The van der Waals surface area contributed by atoms with Gasteiger partial charge in [0.25, 0.3) is 5.91 Å². The van der Waals surface area contributed by atoms with Gasteiger partial charge in [0.2, 0.25) is 5.91 Å². The lowest BCUT2D eigenvalue weighted by Gasteiger charge is -2.18. The predicted octanol–water partition coefficient (Wildman–Crippen LogP) is 3.04. The summed E-state index contributed by atoms with van der Waals surface area (Å²) >= 11 is 0. The van der Waals surface area contributed by atoms with Crippen LogP contribution in [0.15, 0.2) is 48.5 Å². The minimum Gasteiger partial charge on any atom is -0.452 e. The Balaban J connectivity index is 1.57. The fourth-order valence-corrected chi connectivity index (χ4v) is 3.26. The lowest BCUT2D eigenvalue weighted by molar-refractivity contribution is -0.157. The van der Waals surface area contributed by atoms with E-state index >= 15 is 0 Å². The van der Waals surface area contributed by atoms with Crippen molar-refractivity contribution in [3.8, 4) is 6.07 Å². The van der Waals surface area contributed by atoms with Crippen LogP contribution in [0.25, 0.3) is 0 Å². The molecule has 0 saturated carbocycles. The molecular formula is C23H23N3O4. The van der Waals surface area contributed by atoms with Crippen LogP contribution in [-0.2, 0) is 25.5 Å². The van der Waals surface area contributed by atoms with Crippen molar-refractivity contribution >= 4 is 29.2 Å². The second-order valence-corrected chi connectivity index (χ2v) is 7.19. The molecule has 1 N–H and O–H groups in total. The molecule has 154 valence electrons. The Labute approximate surface area is 175 Å². The Morgan fingerprint density at radius 3 is 2.67 bits per heavy atom. The molecule has 2 atom stereocenters. The number of hydrogen-bond donors (Lipinski definition) is 1. The molecule has 0 radical (unpaired) electrons. The maximum atomic E-state index is 12.5. The van der Waals surface area contributed by atoms with Gasteiger partial charge in [-0.25, -0.2) is 0 Å². The molecule has 7 nitrogen and oxygen atoms in total. The van der Waals surface area contributed by atoms with Gasteiger partial charge in [-0.1, -0.05) is 25.1 Å². The summed E-state index contributed by atoms with van der Waals surface area (Å²) in [5.74, 6) is -1.86. The molecule has 0 bridgehead atoms. The van der Waals surface area contributed by atoms with Crippen molar-refractivity contribution in [3.63, 3.8) is 0 Å². The van der Waals surface area contributed by atoms with Crippen molar-refractivity contribution in [2.75, 3.05) is 16.8 Å². The Kier molecular flexibility index (Phi) is 6.48. The van der Waals surface area contributed by atoms with Crippen molar-refractivity contribution in [2.45, 2.75) is 32.8 Å². The van der Waals surface area contributed by atoms with Crippen LogP contribution in [0, 0.1) is 17.2 Å². The first-order valence-corrected chi connectivity index (χ1v) is 9.82. The van der Waals surface area contributed by atoms with E-state index in [0.717, 1.165) is 12.1 Å². The van der Waals surface area contributed by atoms with E-state index in [4.69, 9.17) is 10.00 Å². The third-order valence-corrected chi connectivity index (χ3v) is 5.04. The predicted molar refractivity (Wildman–Crippen MR) is 112 cm³/mol. The standard InChI is InChI=1S/C23H23N3O4/c1-3-16-7-9-20(10-8-16)26-14-18(12-21(26)27)23(29)30-15(2)22(28)25-19-6-4-5-17(11-19)13-24/h4-11,15,18H,3,12,14H2,1-2H3,(H,25,28)/t15-,18-/m1/s1. The molecule has 0 spiro atoms. The summed E-state index contributed by atoms with van der Waals surface area (Å²) in [6.07, 6.45) is -0.0761. The first-order valence-electron chi connectivity index (χ1n) is 9.82. The van der Waals surface area contributed by atoms with Crippen LogP contribution in [0.5, 0.6) is 0 Å². The number of rotatable bonds is 6. The highest BCUT2D eigenvalue weighted by Gasteiger charge is 2.37. The molecule has 1 aliphatic rings. The van der Waals surface area contributed by atoms with E-state index in [9.17, 15) is 14.4 Å². The number of carbonyl (C=O) groups excluding carboxylic acids is 3. The molecule has 1 saturated heterocycles. The van der Waals surface area contributed by atoms with E-state index in [1.165, 1.54) is 18.6 Å². The average Bonchev–Trinajstić information content (AvgIpc) is 3.15. The second-order valence-electron chi connectivity index (χ2n) is 7.19. The lowest BCUT2D eigenvalue weighted by Crippen LogP contribution is -2.33. The number of amides is 2. The second kappa shape index (κ2) is 9.23. The van der Waals surface area contributed by atoms with E-state index in [-0.39, 0.29) is 18.9 Å². The van der Waals surface area contributed by atoms with Crippen molar-refractivity contribution < 1.29 is 19.1 Å². The lowest BCUT2D eigenvalue weighted by atomic mass is 10.1. The van der Waals surface area contributed by atoms with Crippen LogP contribution in [0.1, 0.15) is 31.4 Å². The average molecular weight is 405 g/mol. The summed E-state index contributed by atoms with van der Waals surface area (Å²) in [4.78, 5) is 38.8. The van der Waals surface area contributed by atoms with Crippen LogP contribution in [-0.4, -0.2) is 30.4 Å². The van der Waals surface area contributed by atoms with Gasteiger partial charge in [0, 0.05) is 24.3 Å². The number of ether oxygens (including phenoxy) is 1. The number of esters is 1. The van der Waals surface area contributed by atoms with Gasteiger partial charge in [0.1, 0.15) is 0 Å². The number of nitrogens with one attached hydrogen (secondary N) is 1. The van der Waals surface area contributed by atoms with Gasteiger partial charge in [-0.3, -0.25) is 14.4 Å². The van der Waals surface area contributed by atoms with Gasteiger partial charge in [-0.05, 0) is 49.2 Å². The number of benzene rings is 2. The molecule has 0 aliphatic carbocycles. The molecule has 1 heterocycles. The Bertz CT molecular complexity index is 994. The summed E-state index contributed by atoms with van der Waals surface area (Å²) in [6, 6.07) is 16.1. The largest absolute Gasteiger partial charge is 0.452 e. The van der Waals surface area contributed by atoms with E-state index in [1.54, 1.807) is 23.1 Å². The summed E-state index contributed by atoms with van der Waals surface area (Å²) in [5.41, 5.74) is 2.77. The number of aryl methyl sites for hydroxylation is 1.